The van der Waals surface area contributed by atoms with Crippen LogP contribution in [0.1, 0.15) is 15.9 Å². The number of hydrogen-bond donors (Lipinski definition) is 1. The van der Waals surface area contributed by atoms with E-state index in [-0.39, 0.29) is 0 Å². The van der Waals surface area contributed by atoms with Crippen molar-refractivity contribution < 1.29 is 23.7 Å². The highest BCUT2D eigenvalue weighted by Gasteiger charge is 2.13. The van der Waals surface area contributed by atoms with Gasteiger partial charge < -0.3 is 18.9 Å². The van der Waals surface area contributed by atoms with E-state index in [1.54, 1.807) is 30.3 Å². The van der Waals surface area contributed by atoms with Gasteiger partial charge in [0.05, 0.1) is 45.2 Å². The molecule has 0 aliphatic heterocycles. The van der Waals surface area contributed by atoms with E-state index in [4.69, 9.17) is 30.5 Å². The predicted octanol–water partition coefficient (Wildman–Crippen LogP) is 3.14. The Labute approximate surface area is 156 Å². The molecule has 26 heavy (non-hydrogen) atoms. The quantitative estimate of drug-likeness (QED) is 0.591. The highest BCUT2D eigenvalue weighted by Crippen LogP contribution is 2.31. The molecule has 1 amide bonds. The second-order valence-corrected chi connectivity index (χ2v) is 5.40. The van der Waals surface area contributed by atoms with Crippen LogP contribution in [-0.2, 0) is 0 Å². The van der Waals surface area contributed by atoms with Crippen molar-refractivity contribution in [3.8, 4) is 23.0 Å². The summed E-state index contributed by atoms with van der Waals surface area (Å²) in [6.07, 6.45) is 1.43. The average Bonchev–Trinajstić information content (AvgIpc) is 2.67. The summed E-state index contributed by atoms with van der Waals surface area (Å²) in [5.74, 6) is 1.51. The summed E-state index contributed by atoms with van der Waals surface area (Å²) in [4.78, 5) is 12.3. The molecule has 138 valence electrons. The number of amides is 1. The van der Waals surface area contributed by atoms with Crippen molar-refractivity contribution in [2.45, 2.75) is 0 Å². The maximum Gasteiger partial charge on any atom is 0.275 e. The molecule has 0 fully saturated rings. The van der Waals surface area contributed by atoms with Crippen LogP contribution in [0.15, 0.2) is 35.4 Å². The summed E-state index contributed by atoms with van der Waals surface area (Å²) in [7, 11) is 6.03. The van der Waals surface area contributed by atoms with Crippen molar-refractivity contribution in [2.75, 3.05) is 28.4 Å². The molecule has 2 aromatic rings. The third-order valence-electron chi connectivity index (χ3n) is 3.53. The Balaban J connectivity index is 2.18. The van der Waals surface area contributed by atoms with Crippen LogP contribution >= 0.6 is 11.6 Å². The van der Waals surface area contributed by atoms with Gasteiger partial charge in [-0.15, -0.1) is 0 Å². The smallest absolute Gasteiger partial charge is 0.275 e. The number of nitrogens with one attached hydrogen (secondary N) is 1. The Bertz CT molecular complexity index is 823. The van der Waals surface area contributed by atoms with Crippen LogP contribution in [0.5, 0.6) is 23.0 Å². The van der Waals surface area contributed by atoms with E-state index >= 15 is 0 Å². The zero-order valence-electron chi connectivity index (χ0n) is 14.8. The van der Waals surface area contributed by atoms with Crippen molar-refractivity contribution in [1.82, 2.24) is 5.43 Å². The number of hydrogen-bond acceptors (Lipinski definition) is 6. The van der Waals surface area contributed by atoms with Gasteiger partial charge in [0, 0.05) is 17.7 Å². The Morgan fingerprint density at radius 1 is 0.962 bits per heavy atom. The highest BCUT2D eigenvalue weighted by molar-refractivity contribution is 6.32. The Morgan fingerprint density at radius 3 is 2.27 bits per heavy atom. The molecule has 0 heterocycles. The molecule has 0 saturated carbocycles. The van der Waals surface area contributed by atoms with Gasteiger partial charge in [-0.3, -0.25) is 4.79 Å². The van der Waals surface area contributed by atoms with Crippen molar-refractivity contribution in [2.24, 2.45) is 5.10 Å². The Kier molecular flexibility index (Phi) is 6.68. The highest BCUT2D eigenvalue weighted by atomic mass is 35.5. The molecular formula is C18H19ClN2O5. The first-order chi connectivity index (χ1) is 12.5. The minimum absolute atomic E-state index is 0.324. The molecule has 0 aliphatic rings. The first-order valence-electron chi connectivity index (χ1n) is 7.51. The third kappa shape index (κ3) is 4.37. The molecule has 7 nitrogen and oxygen atoms in total. The lowest BCUT2D eigenvalue weighted by atomic mass is 10.2. The topological polar surface area (TPSA) is 78.4 Å². The lowest BCUT2D eigenvalue weighted by Crippen LogP contribution is -2.18. The summed E-state index contributed by atoms with van der Waals surface area (Å²) < 4.78 is 20.7. The number of halogens is 1. The van der Waals surface area contributed by atoms with Crippen LogP contribution in [0.2, 0.25) is 5.02 Å². The minimum atomic E-state index is -0.431. The normalized spacial score (nSPS) is 10.5. The van der Waals surface area contributed by atoms with Crippen molar-refractivity contribution in [1.29, 1.82) is 0 Å². The van der Waals surface area contributed by atoms with Crippen molar-refractivity contribution in [3.05, 3.63) is 46.5 Å². The molecule has 0 aliphatic carbocycles. The largest absolute Gasteiger partial charge is 0.497 e. The standard InChI is InChI=1S/C18H19ClN2O5/c1-23-12-5-6-13(16(8-12)25-3)18(22)21-20-10-11-7-14(19)17(26-4)9-15(11)24-2/h5-10H,1-4H3,(H,21,22)/b20-10-. The fourth-order valence-electron chi connectivity index (χ4n) is 2.19. The molecule has 2 aromatic carbocycles. The third-order valence-corrected chi connectivity index (χ3v) is 3.82. The van der Waals surface area contributed by atoms with Gasteiger partial charge in [-0.05, 0) is 18.2 Å². The molecule has 1 N–H and O–H groups in total. The Morgan fingerprint density at radius 2 is 1.65 bits per heavy atom. The average molecular weight is 379 g/mol. The van der Waals surface area contributed by atoms with E-state index in [1.165, 1.54) is 34.7 Å². The molecule has 0 unspecified atom stereocenters. The van der Waals surface area contributed by atoms with Gasteiger partial charge >= 0.3 is 0 Å². The molecule has 0 bridgehead atoms. The van der Waals surface area contributed by atoms with Crippen LogP contribution < -0.4 is 24.4 Å². The van der Waals surface area contributed by atoms with Gasteiger partial charge in [-0.1, -0.05) is 11.6 Å². The number of carbonyl (C=O) groups excluding carboxylic acids is 1. The van der Waals surface area contributed by atoms with Crippen LogP contribution in [0.3, 0.4) is 0 Å². The maximum atomic E-state index is 12.3. The summed E-state index contributed by atoms with van der Waals surface area (Å²) in [5.41, 5.74) is 3.35. The number of rotatable bonds is 7. The second-order valence-electron chi connectivity index (χ2n) is 4.99. The fraction of sp³-hybridized carbons (Fsp3) is 0.222. The predicted molar refractivity (Wildman–Crippen MR) is 99.2 cm³/mol. The summed E-state index contributed by atoms with van der Waals surface area (Å²) in [6, 6.07) is 8.13. The molecule has 0 radical (unpaired) electrons. The van der Waals surface area contributed by atoms with Gasteiger partial charge in [0.1, 0.15) is 23.0 Å². The summed E-state index contributed by atoms with van der Waals surface area (Å²) in [6.45, 7) is 0. The number of methoxy groups -OCH3 is 4. The van der Waals surface area contributed by atoms with E-state index in [1.807, 2.05) is 0 Å². The zero-order valence-corrected chi connectivity index (χ0v) is 15.6. The van der Waals surface area contributed by atoms with Crippen LogP contribution in [0.25, 0.3) is 0 Å². The van der Waals surface area contributed by atoms with Gasteiger partial charge in [-0.25, -0.2) is 5.43 Å². The van der Waals surface area contributed by atoms with E-state index in [2.05, 4.69) is 10.5 Å². The Hall–Kier alpha value is -2.93. The molecule has 0 aromatic heterocycles. The number of ether oxygens (including phenoxy) is 4. The van der Waals surface area contributed by atoms with Gasteiger partial charge in [0.25, 0.3) is 5.91 Å². The lowest BCUT2D eigenvalue weighted by molar-refractivity contribution is 0.0952. The van der Waals surface area contributed by atoms with Gasteiger partial charge in [-0.2, -0.15) is 5.10 Å². The molecule has 8 heteroatoms. The summed E-state index contributed by atoms with van der Waals surface area (Å²) in [5, 5.41) is 4.35. The number of carbonyl (C=O) groups is 1. The molecule has 2 rings (SSSR count). The van der Waals surface area contributed by atoms with Crippen molar-refractivity contribution >= 4 is 23.7 Å². The zero-order chi connectivity index (χ0) is 19.1. The number of benzene rings is 2. The van der Waals surface area contributed by atoms with Crippen molar-refractivity contribution in [3.63, 3.8) is 0 Å². The summed E-state index contributed by atoms with van der Waals surface area (Å²) >= 11 is 6.11. The molecule has 0 saturated heterocycles. The first-order valence-corrected chi connectivity index (χ1v) is 7.88. The SMILES string of the molecule is COc1ccc(C(=O)N/N=C\c2cc(Cl)c(OC)cc2OC)c(OC)c1. The number of hydrazone groups is 1. The van der Waals surface area contributed by atoms with E-state index in [9.17, 15) is 4.79 Å². The second kappa shape index (κ2) is 8.96. The lowest BCUT2D eigenvalue weighted by Gasteiger charge is -2.10. The fourth-order valence-corrected chi connectivity index (χ4v) is 2.44. The monoisotopic (exact) mass is 378 g/mol. The van der Waals surface area contributed by atoms with Crippen LogP contribution in [0, 0.1) is 0 Å². The van der Waals surface area contributed by atoms with E-state index < -0.39 is 5.91 Å². The van der Waals surface area contributed by atoms with Crippen LogP contribution in [-0.4, -0.2) is 40.6 Å². The van der Waals surface area contributed by atoms with E-state index in [0.29, 0.717) is 39.1 Å². The molecular weight excluding hydrogens is 360 g/mol. The van der Waals surface area contributed by atoms with Gasteiger partial charge in [0.2, 0.25) is 0 Å². The molecule has 0 spiro atoms. The maximum absolute atomic E-state index is 12.3. The first kappa shape index (κ1) is 19.4. The minimum Gasteiger partial charge on any atom is -0.497 e. The number of nitrogens with zero attached hydrogens (tertiary/aromatic N) is 1. The van der Waals surface area contributed by atoms with Gasteiger partial charge in [0.15, 0.2) is 0 Å². The molecule has 0 atom stereocenters. The van der Waals surface area contributed by atoms with E-state index in [0.717, 1.165) is 0 Å². The van der Waals surface area contributed by atoms with Crippen LogP contribution in [0.4, 0.5) is 0 Å².